The maximum atomic E-state index is 11.8. The van der Waals surface area contributed by atoms with Gasteiger partial charge in [0.05, 0.1) is 6.04 Å². The highest BCUT2D eigenvalue weighted by atomic mass is 35.5. The van der Waals surface area contributed by atoms with Crippen LogP contribution < -0.4 is 5.32 Å². The number of rotatable bonds is 6. The van der Waals surface area contributed by atoms with Crippen LogP contribution in [0.1, 0.15) is 50.6 Å². The first kappa shape index (κ1) is 16.8. The molecule has 0 spiro atoms. The van der Waals surface area contributed by atoms with Crippen molar-refractivity contribution in [2.75, 3.05) is 6.61 Å². The summed E-state index contributed by atoms with van der Waals surface area (Å²) in [6.07, 6.45) is 4.99. The van der Waals surface area contributed by atoms with E-state index in [0.717, 1.165) is 18.4 Å². The number of halogens is 1. The van der Waals surface area contributed by atoms with Gasteiger partial charge in [-0.15, -0.1) is 0 Å². The first-order valence-corrected chi connectivity index (χ1v) is 8.13. The zero-order chi connectivity index (χ0) is 15.9. The summed E-state index contributed by atoms with van der Waals surface area (Å²) in [5.41, 5.74) is 0.915. The molecule has 0 aliphatic heterocycles. The Balaban J connectivity index is 1.71. The molecular formula is C17H22ClNO3. The van der Waals surface area contributed by atoms with Crippen molar-refractivity contribution < 1.29 is 14.3 Å². The fourth-order valence-corrected chi connectivity index (χ4v) is 3.00. The number of hydrogen-bond donors (Lipinski definition) is 1. The lowest BCUT2D eigenvalue weighted by Gasteiger charge is -2.15. The van der Waals surface area contributed by atoms with Gasteiger partial charge in [0.15, 0.2) is 6.61 Å². The Morgan fingerprint density at radius 1 is 1.36 bits per heavy atom. The topological polar surface area (TPSA) is 55.4 Å². The summed E-state index contributed by atoms with van der Waals surface area (Å²) in [5, 5.41) is 3.42. The second kappa shape index (κ2) is 8.18. The molecule has 1 saturated carbocycles. The van der Waals surface area contributed by atoms with Gasteiger partial charge in [0.1, 0.15) is 0 Å². The molecule has 0 aromatic heterocycles. The highest BCUT2D eigenvalue weighted by Gasteiger charge is 2.20. The zero-order valence-electron chi connectivity index (χ0n) is 12.8. The van der Waals surface area contributed by atoms with E-state index in [-0.39, 0.29) is 24.5 Å². The fraction of sp³-hybridized carbons (Fsp3) is 0.529. The molecule has 1 fully saturated rings. The number of benzene rings is 1. The zero-order valence-corrected chi connectivity index (χ0v) is 13.6. The van der Waals surface area contributed by atoms with Gasteiger partial charge >= 0.3 is 5.97 Å². The van der Waals surface area contributed by atoms with Crippen molar-refractivity contribution in [3.05, 3.63) is 34.9 Å². The lowest BCUT2D eigenvalue weighted by molar-refractivity contribution is -0.149. The molecule has 4 nitrogen and oxygen atoms in total. The Morgan fingerprint density at radius 3 is 2.77 bits per heavy atom. The number of carbonyl (C=O) groups excluding carboxylic acids is 2. The van der Waals surface area contributed by atoms with E-state index in [0.29, 0.717) is 17.4 Å². The molecule has 0 saturated heterocycles. The first-order chi connectivity index (χ1) is 10.5. The number of nitrogens with one attached hydrogen (secondary N) is 1. The van der Waals surface area contributed by atoms with Crippen LogP contribution in [-0.4, -0.2) is 18.5 Å². The average Bonchev–Trinajstić information content (AvgIpc) is 2.98. The van der Waals surface area contributed by atoms with Gasteiger partial charge in [-0.2, -0.15) is 0 Å². The minimum atomic E-state index is -0.299. The average molecular weight is 324 g/mol. The van der Waals surface area contributed by atoms with Crippen molar-refractivity contribution in [2.24, 2.45) is 5.92 Å². The summed E-state index contributed by atoms with van der Waals surface area (Å²) >= 11 is 5.93. The summed E-state index contributed by atoms with van der Waals surface area (Å²) in [5.74, 6) is -0.148. The minimum Gasteiger partial charge on any atom is -0.456 e. The van der Waals surface area contributed by atoms with Gasteiger partial charge in [-0.1, -0.05) is 36.6 Å². The van der Waals surface area contributed by atoms with Crippen LogP contribution in [0, 0.1) is 5.92 Å². The predicted molar refractivity (Wildman–Crippen MR) is 85.5 cm³/mol. The third-order valence-electron chi connectivity index (χ3n) is 4.02. The van der Waals surface area contributed by atoms with Crippen molar-refractivity contribution in [1.82, 2.24) is 5.32 Å². The standard InChI is InChI=1S/C17H22ClNO3/c1-12(14-7-4-8-15(18)10-14)19-16(20)11-22-17(21)9-13-5-2-3-6-13/h4,7-8,10,12-13H,2-3,5-6,9,11H2,1H3,(H,19,20)/t12-/m1/s1. The fourth-order valence-electron chi connectivity index (χ4n) is 2.80. The predicted octanol–water partition coefficient (Wildman–Crippen LogP) is 3.64. The third-order valence-corrected chi connectivity index (χ3v) is 4.26. The van der Waals surface area contributed by atoms with Crippen LogP contribution in [0.15, 0.2) is 24.3 Å². The summed E-state index contributed by atoms with van der Waals surface area (Å²) in [6.45, 7) is 1.64. The lowest BCUT2D eigenvalue weighted by atomic mass is 10.0. The van der Waals surface area contributed by atoms with Crippen molar-refractivity contribution >= 4 is 23.5 Å². The molecule has 0 heterocycles. The number of ether oxygens (including phenoxy) is 1. The minimum absolute atomic E-state index is 0.181. The normalized spacial score (nSPS) is 16.3. The van der Waals surface area contributed by atoms with Crippen LogP contribution in [0.2, 0.25) is 5.02 Å². The molecule has 1 aromatic carbocycles. The monoisotopic (exact) mass is 323 g/mol. The molecule has 2 rings (SSSR count). The summed E-state index contributed by atoms with van der Waals surface area (Å²) in [6, 6.07) is 7.13. The number of amides is 1. The molecule has 22 heavy (non-hydrogen) atoms. The van der Waals surface area contributed by atoms with Gasteiger partial charge < -0.3 is 10.1 Å². The smallest absolute Gasteiger partial charge is 0.306 e. The molecule has 1 aliphatic carbocycles. The number of esters is 1. The maximum Gasteiger partial charge on any atom is 0.306 e. The molecule has 1 aromatic rings. The molecule has 1 amide bonds. The second-order valence-corrected chi connectivity index (χ2v) is 6.30. The summed E-state index contributed by atoms with van der Waals surface area (Å²) in [7, 11) is 0. The van der Waals surface area contributed by atoms with E-state index >= 15 is 0 Å². The van der Waals surface area contributed by atoms with E-state index in [1.807, 2.05) is 19.1 Å². The van der Waals surface area contributed by atoms with Gasteiger partial charge in [0.25, 0.3) is 5.91 Å². The van der Waals surface area contributed by atoms with E-state index in [9.17, 15) is 9.59 Å². The first-order valence-electron chi connectivity index (χ1n) is 7.75. The quantitative estimate of drug-likeness (QED) is 0.813. The molecule has 120 valence electrons. The highest BCUT2D eigenvalue weighted by Crippen LogP contribution is 2.27. The van der Waals surface area contributed by atoms with Crippen molar-refractivity contribution in [1.29, 1.82) is 0 Å². The summed E-state index contributed by atoms with van der Waals surface area (Å²) < 4.78 is 5.05. The SMILES string of the molecule is C[C@@H](NC(=O)COC(=O)CC1CCCC1)c1cccc(Cl)c1. The Labute approximate surface area is 136 Å². The van der Waals surface area contributed by atoms with Gasteiger partial charge in [0.2, 0.25) is 0 Å². The molecule has 0 unspecified atom stereocenters. The highest BCUT2D eigenvalue weighted by molar-refractivity contribution is 6.30. The van der Waals surface area contributed by atoms with Gasteiger partial charge in [0, 0.05) is 11.4 Å². The molecule has 1 atom stereocenters. The van der Waals surface area contributed by atoms with Crippen LogP contribution >= 0.6 is 11.6 Å². The number of hydrogen-bond acceptors (Lipinski definition) is 3. The molecule has 1 N–H and O–H groups in total. The van der Waals surface area contributed by atoms with Gasteiger partial charge in [-0.05, 0) is 43.4 Å². The van der Waals surface area contributed by atoms with E-state index in [4.69, 9.17) is 16.3 Å². The van der Waals surface area contributed by atoms with Crippen LogP contribution in [0.3, 0.4) is 0 Å². The largest absolute Gasteiger partial charge is 0.456 e. The number of carbonyl (C=O) groups is 2. The van der Waals surface area contributed by atoms with Gasteiger partial charge in [-0.25, -0.2) is 0 Å². The third kappa shape index (κ3) is 5.34. The maximum absolute atomic E-state index is 11.8. The Hall–Kier alpha value is -1.55. The Morgan fingerprint density at radius 2 is 2.09 bits per heavy atom. The van der Waals surface area contributed by atoms with Crippen LogP contribution in [-0.2, 0) is 14.3 Å². The molecular weight excluding hydrogens is 302 g/mol. The van der Waals surface area contributed by atoms with E-state index in [1.165, 1.54) is 12.8 Å². The van der Waals surface area contributed by atoms with E-state index < -0.39 is 0 Å². The van der Waals surface area contributed by atoms with Crippen molar-refractivity contribution in [3.63, 3.8) is 0 Å². The van der Waals surface area contributed by atoms with E-state index in [1.54, 1.807) is 12.1 Å². The van der Waals surface area contributed by atoms with Crippen molar-refractivity contribution in [2.45, 2.75) is 45.1 Å². The second-order valence-electron chi connectivity index (χ2n) is 5.86. The van der Waals surface area contributed by atoms with Crippen LogP contribution in [0.4, 0.5) is 0 Å². The Kier molecular flexibility index (Phi) is 6.25. The summed E-state index contributed by atoms with van der Waals surface area (Å²) in [4.78, 5) is 23.5. The Bertz CT molecular complexity index is 526. The molecule has 1 aliphatic rings. The molecule has 0 bridgehead atoms. The van der Waals surface area contributed by atoms with Crippen molar-refractivity contribution in [3.8, 4) is 0 Å². The van der Waals surface area contributed by atoms with Crippen LogP contribution in [0.5, 0.6) is 0 Å². The molecule has 5 heteroatoms. The lowest BCUT2D eigenvalue weighted by Crippen LogP contribution is -2.31. The van der Waals surface area contributed by atoms with Crippen LogP contribution in [0.25, 0.3) is 0 Å². The molecule has 0 radical (unpaired) electrons. The van der Waals surface area contributed by atoms with E-state index in [2.05, 4.69) is 5.32 Å². The van der Waals surface area contributed by atoms with Gasteiger partial charge in [-0.3, -0.25) is 9.59 Å².